The molecule has 0 aliphatic heterocycles. The summed E-state index contributed by atoms with van der Waals surface area (Å²) >= 11 is 0. The van der Waals surface area contributed by atoms with Crippen LogP contribution in [0.2, 0.25) is 0 Å². The van der Waals surface area contributed by atoms with Crippen LogP contribution < -0.4 is 5.32 Å². The molecule has 2 nitrogen and oxygen atoms in total. The van der Waals surface area contributed by atoms with Crippen molar-refractivity contribution in [3.8, 4) is 0 Å². The highest BCUT2D eigenvalue weighted by atomic mass is 19.2. The van der Waals surface area contributed by atoms with Crippen molar-refractivity contribution in [2.75, 3.05) is 0 Å². The molecule has 2 fully saturated rings. The number of amides is 1. The van der Waals surface area contributed by atoms with E-state index in [1.54, 1.807) is 0 Å². The fourth-order valence-corrected chi connectivity index (χ4v) is 2.60. The Balaban J connectivity index is 1.60. The maximum absolute atomic E-state index is 13.0. The van der Waals surface area contributed by atoms with Crippen molar-refractivity contribution < 1.29 is 13.6 Å². The minimum Gasteiger partial charge on any atom is -0.352 e. The number of hydrogen-bond acceptors (Lipinski definition) is 1. The second kappa shape index (κ2) is 4.04. The highest BCUT2D eigenvalue weighted by Crippen LogP contribution is 2.61. The summed E-state index contributed by atoms with van der Waals surface area (Å²) in [4.78, 5) is 12.1. The summed E-state index contributed by atoms with van der Waals surface area (Å²) in [5, 5.41) is 2.84. The van der Waals surface area contributed by atoms with Crippen LogP contribution in [0.25, 0.3) is 0 Å². The fourth-order valence-electron chi connectivity index (χ4n) is 2.60. The van der Waals surface area contributed by atoms with E-state index in [1.807, 2.05) is 0 Å². The first-order chi connectivity index (χ1) is 8.62. The largest absolute Gasteiger partial charge is 0.352 e. The molecule has 0 aromatic heterocycles. The van der Waals surface area contributed by atoms with E-state index in [0.717, 1.165) is 37.8 Å². The lowest BCUT2D eigenvalue weighted by molar-refractivity contribution is -0.127. The van der Waals surface area contributed by atoms with Gasteiger partial charge in [-0.05, 0) is 49.3 Å². The maximum atomic E-state index is 13.0. The number of carbonyl (C=O) groups is 1. The van der Waals surface area contributed by atoms with Crippen molar-refractivity contribution in [2.24, 2.45) is 11.3 Å². The predicted molar refractivity (Wildman–Crippen MR) is 62.6 cm³/mol. The molecule has 0 saturated heterocycles. The van der Waals surface area contributed by atoms with E-state index in [-0.39, 0.29) is 17.9 Å². The zero-order chi connectivity index (χ0) is 12.8. The summed E-state index contributed by atoms with van der Waals surface area (Å²) in [6, 6.07) is 3.71. The fraction of sp³-hybridized carbons (Fsp3) is 0.500. The van der Waals surface area contributed by atoms with Crippen LogP contribution >= 0.6 is 0 Å². The van der Waals surface area contributed by atoms with E-state index in [1.165, 1.54) is 6.07 Å². The highest BCUT2D eigenvalue weighted by Gasteiger charge is 2.58. The van der Waals surface area contributed by atoms with Crippen LogP contribution in [0.4, 0.5) is 8.78 Å². The number of halogens is 2. The normalized spacial score (nSPS) is 20.6. The third kappa shape index (κ3) is 2.00. The van der Waals surface area contributed by atoms with E-state index in [9.17, 15) is 13.6 Å². The van der Waals surface area contributed by atoms with Gasteiger partial charge in [0.05, 0.1) is 5.41 Å². The van der Waals surface area contributed by atoms with Crippen LogP contribution in [-0.4, -0.2) is 5.91 Å². The van der Waals surface area contributed by atoms with Gasteiger partial charge in [0, 0.05) is 6.54 Å². The molecule has 18 heavy (non-hydrogen) atoms. The first-order valence-electron chi connectivity index (χ1n) is 6.34. The van der Waals surface area contributed by atoms with Gasteiger partial charge in [0.25, 0.3) is 0 Å². The van der Waals surface area contributed by atoms with Gasteiger partial charge >= 0.3 is 0 Å². The second-order valence-electron chi connectivity index (χ2n) is 5.36. The number of rotatable bonds is 4. The summed E-state index contributed by atoms with van der Waals surface area (Å²) in [5.74, 6) is -1.09. The zero-order valence-electron chi connectivity index (χ0n) is 10.0. The molecule has 0 heterocycles. The van der Waals surface area contributed by atoms with Crippen molar-refractivity contribution in [1.29, 1.82) is 0 Å². The van der Waals surface area contributed by atoms with E-state index in [4.69, 9.17) is 0 Å². The van der Waals surface area contributed by atoms with Crippen LogP contribution in [0.1, 0.15) is 31.2 Å². The Labute approximate surface area is 104 Å². The van der Waals surface area contributed by atoms with E-state index < -0.39 is 11.6 Å². The van der Waals surface area contributed by atoms with Crippen LogP contribution in [0.3, 0.4) is 0 Å². The molecule has 0 radical (unpaired) electrons. The van der Waals surface area contributed by atoms with Gasteiger partial charge in [0.15, 0.2) is 11.6 Å². The molecular formula is C14H15F2NO. The van der Waals surface area contributed by atoms with Gasteiger partial charge in [-0.3, -0.25) is 4.79 Å². The molecule has 2 aliphatic carbocycles. The monoisotopic (exact) mass is 251 g/mol. The second-order valence-corrected chi connectivity index (χ2v) is 5.36. The Kier molecular flexibility index (Phi) is 2.61. The third-order valence-electron chi connectivity index (χ3n) is 4.04. The Morgan fingerprint density at radius 3 is 2.56 bits per heavy atom. The molecule has 2 aliphatic rings. The van der Waals surface area contributed by atoms with Crippen molar-refractivity contribution in [1.82, 2.24) is 5.32 Å². The van der Waals surface area contributed by atoms with Crippen LogP contribution in [-0.2, 0) is 11.3 Å². The highest BCUT2D eigenvalue weighted by molar-refractivity contribution is 5.86. The van der Waals surface area contributed by atoms with Gasteiger partial charge in [-0.25, -0.2) is 8.78 Å². The SMILES string of the molecule is O=C(NCc1ccc(F)c(F)c1)C1(C2CC2)CC1. The lowest BCUT2D eigenvalue weighted by atomic mass is 9.99. The zero-order valence-corrected chi connectivity index (χ0v) is 10.0. The summed E-state index contributed by atoms with van der Waals surface area (Å²) in [6.07, 6.45) is 4.25. The van der Waals surface area contributed by atoms with Gasteiger partial charge < -0.3 is 5.32 Å². The number of carbonyl (C=O) groups excluding carboxylic acids is 1. The standard InChI is InChI=1S/C14H15F2NO/c15-11-4-1-9(7-12(11)16)8-17-13(18)14(5-6-14)10-2-3-10/h1,4,7,10H,2-3,5-6,8H2,(H,17,18). The summed E-state index contributed by atoms with van der Waals surface area (Å²) in [5.41, 5.74) is 0.465. The molecule has 3 rings (SSSR count). The molecule has 0 atom stereocenters. The van der Waals surface area contributed by atoms with E-state index in [2.05, 4.69) is 5.32 Å². The van der Waals surface area contributed by atoms with Crippen LogP contribution in [0.5, 0.6) is 0 Å². The van der Waals surface area contributed by atoms with E-state index >= 15 is 0 Å². The van der Waals surface area contributed by atoms with Crippen molar-refractivity contribution in [3.05, 3.63) is 35.4 Å². The van der Waals surface area contributed by atoms with Gasteiger partial charge in [-0.2, -0.15) is 0 Å². The summed E-state index contributed by atoms with van der Waals surface area (Å²) in [6.45, 7) is 0.268. The molecule has 96 valence electrons. The Hall–Kier alpha value is -1.45. The Morgan fingerprint density at radius 2 is 2.00 bits per heavy atom. The molecule has 0 unspecified atom stereocenters. The molecule has 4 heteroatoms. The van der Waals surface area contributed by atoms with Crippen molar-refractivity contribution in [3.63, 3.8) is 0 Å². The topological polar surface area (TPSA) is 29.1 Å². The maximum Gasteiger partial charge on any atom is 0.226 e. The van der Waals surface area contributed by atoms with Crippen LogP contribution in [0, 0.1) is 23.0 Å². The summed E-state index contributed by atoms with van der Waals surface area (Å²) in [7, 11) is 0. The molecule has 2 saturated carbocycles. The average Bonchev–Trinajstić information content (AvgIpc) is 3.19. The molecule has 1 aromatic rings. The first kappa shape index (κ1) is 11.6. The third-order valence-corrected chi connectivity index (χ3v) is 4.04. The molecular weight excluding hydrogens is 236 g/mol. The van der Waals surface area contributed by atoms with Gasteiger partial charge in [0.1, 0.15) is 0 Å². The lowest BCUT2D eigenvalue weighted by Gasteiger charge is -2.14. The van der Waals surface area contributed by atoms with Gasteiger partial charge in [-0.15, -0.1) is 0 Å². The van der Waals surface area contributed by atoms with Crippen LogP contribution in [0.15, 0.2) is 18.2 Å². The molecule has 1 N–H and O–H groups in total. The van der Waals surface area contributed by atoms with E-state index in [0.29, 0.717) is 11.5 Å². The average molecular weight is 251 g/mol. The summed E-state index contributed by atoms with van der Waals surface area (Å²) < 4.78 is 25.7. The molecule has 0 spiro atoms. The Morgan fingerprint density at radius 1 is 1.28 bits per heavy atom. The number of hydrogen-bond donors (Lipinski definition) is 1. The smallest absolute Gasteiger partial charge is 0.226 e. The molecule has 1 aromatic carbocycles. The quantitative estimate of drug-likeness (QED) is 0.876. The molecule has 0 bridgehead atoms. The number of benzene rings is 1. The molecule has 1 amide bonds. The van der Waals surface area contributed by atoms with Crippen molar-refractivity contribution >= 4 is 5.91 Å². The van der Waals surface area contributed by atoms with Gasteiger partial charge in [-0.1, -0.05) is 6.07 Å². The minimum atomic E-state index is -0.870. The van der Waals surface area contributed by atoms with Crippen molar-refractivity contribution in [2.45, 2.75) is 32.2 Å². The first-order valence-corrected chi connectivity index (χ1v) is 6.34. The minimum absolute atomic E-state index is 0.0785. The Bertz CT molecular complexity index is 493. The van der Waals surface area contributed by atoms with Gasteiger partial charge in [0.2, 0.25) is 5.91 Å². The lowest BCUT2D eigenvalue weighted by Crippen LogP contribution is -2.32. The number of nitrogens with one attached hydrogen (secondary N) is 1. The predicted octanol–water partition coefficient (Wildman–Crippen LogP) is 2.77.